The third-order valence-corrected chi connectivity index (χ3v) is 6.80. The van der Waals surface area contributed by atoms with E-state index in [1.54, 1.807) is 28.5 Å². The van der Waals surface area contributed by atoms with Gasteiger partial charge in [-0.05, 0) is 54.5 Å². The number of hydrogen-bond acceptors (Lipinski definition) is 4. The average molecular weight is 345 g/mol. The highest BCUT2D eigenvalue weighted by Crippen LogP contribution is 2.43. The Morgan fingerprint density at radius 1 is 1.43 bits per heavy atom. The summed E-state index contributed by atoms with van der Waals surface area (Å²) in [5, 5.41) is 2.94. The molecule has 0 spiro atoms. The molecule has 0 radical (unpaired) electrons. The largest absolute Gasteiger partial charge is 0.467 e. The Morgan fingerprint density at radius 3 is 3.17 bits per heavy atom. The maximum Gasteiger partial charge on any atom is 0.258 e. The molecule has 0 bridgehead atoms. The Bertz CT molecular complexity index is 758. The first-order valence-corrected chi connectivity index (χ1v) is 9.79. The number of furan rings is 1. The number of hydrogen-bond donors (Lipinski definition) is 1. The van der Waals surface area contributed by atoms with Crippen molar-refractivity contribution in [2.24, 2.45) is 5.92 Å². The second kappa shape index (κ2) is 6.21. The summed E-state index contributed by atoms with van der Waals surface area (Å²) in [7, 11) is 0. The van der Waals surface area contributed by atoms with Crippen LogP contribution in [0, 0.1) is 5.92 Å². The van der Waals surface area contributed by atoms with Gasteiger partial charge in [-0.25, -0.2) is 0 Å². The van der Waals surface area contributed by atoms with E-state index in [-0.39, 0.29) is 5.91 Å². The fraction of sp³-hybridized carbons (Fsp3) is 0.389. The van der Waals surface area contributed by atoms with Crippen LogP contribution in [0.2, 0.25) is 0 Å². The molecule has 23 heavy (non-hydrogen) atoms. The first-order valence-electron chi connectivity index (χ1n) is 7.99. The highest BCUT2D eigenvalue weighted by molar-refractivity contribution is 8.03. The molecule has 5 heteroatoms. The second-order valence-electron chi connectivity index (χ2n) is 6.25. The van der Waals surface area contributed by atoms with Gasteiger partial charge >= 0.3 is 0 Å². The predicted octanol–water partition coefficient (Wildman–Crippen LogP) is 4.37. The third kappa shape index (κ3) is 3.00. The second-order valence-corrected chi connectivity index (χ2v) is 8.41. The zero-order valence-corrected chi connectivity index (χ0v) is 14.7. The Balaban J connectivity index is 1.51. The van der Waals surface area contributed by atoms with Gasteiger partial charge in [-0.15, -0.1) is 23.1 Å². The quantitative estimate of drug-likeness (QED) is 0.898. The summed E-state index contributed by atoms with van der Waals surface area (Å²) in [6.07, 6.45) is 7.40. The van der Waals surface area contributed by atoms with Crippen LogP contribution in [-0.2, 0) is 29.9 Å². The molecule has 120 valence electrons. The lowest BCUT2D eigenvalue weighted by molar-refractivity contribution is -0.117. The first-order chi connectivity index (χ1) is 11.2. The summed E-state index contributed by atoms with van der Waals surface area (Å²) in [6.45, 7) is 2.77. The Kier molecular flexibility index (Phi) is 4.07. The maximum atomic E-state index is 12.4. The lowest BCUT2D eigenvalue weighted by atomic mass is 9.88. The Labute approximate surface area is 144 Å². The van der Waals surface area contributed by atoms with Crippen LogP contribution in [0.25, 0.3) is 6.08 Å². The number of rotatable bonds is 3. The molecule has 0 fully saturated rings. The van der Waals surface area contributed by atoms with Gasteiger partial charge in [-0.2, -0.15) is 0 Å². The standard InChI is InChI=1S/C18H19NO2S2/c1-11-4-5-13-14-10-22-17(8-16(14)23-15(13)7-11)18(20)19-9-12-3-2-6-21-12/h2-3,6,8,11H,4-5,7,9-10H2,1H3,(H,19,20)/t11-/m1/s1. The minimum atomic E-state index is -0.00297. The normalized spacial score (nSPS) is 19.7. The lowest BCUT2D eigenvalue weighted by Crippen LogP contribution is -2.23. The van der Waals surface area contributed by atoms with Gasteiger partial charge in [-0.3, -0.25) is 4.79 Å². The summed E-state index contributed by atoms with van der Waals surface area (Å²) >= 11 is 3.54. The molecular formula is C18H19NO2S2. The molecule has 1 aliphatic carbocycles. The number of thioether (sulfide) groups is 1. The molecule has 3 nitrogen and oxygen atoms in total. The molecule has 2 aromatic heterocycles. The van der Waals surface area contributed by atoms with Gasteiger partial charge in [0.15, 0.2) is 0 Å². The van der Waals surface area contributed by atoms with Crippen molar-refractivity contribution < 1.29 is 9.21 Å². The summed E-state index contributed by atoms with van der Waals surface area (Å²) in [5.41, 5.74) is 3.05. The van der Waals surface area contributed by atoms with Crippen molar-refractivity contribution in [3.05, 3.63) is 49.9 Å². The van der Waals surface area contributed by atoms with Crippen molar-refractivity contribution in [3.63, 3.8) is 0 Å². The zero-order valence-electron chi connectivity index (χ0n) is 13.1. The van der Waals surface area contributed by atoms with Crippen LogP contribution < -0.4 is 5.32 Å². The van der Waals surface area contributed by atoms with Crippen molar-refractivity contribution in [1.29, 1.82) is 0 Å². The summed E-state index contributed by atoms with van der Waals surface area (Å²) in [4.78, 5) is 16.0. The number of carbonyl (C=O) groups is 1. The van der Waals surface area contributed by atoms with Crippen molar-refractivity contribution >= 4 is 35.1 Å². The van der Waals surface area contributed by atoms with Crippen LogP contribution in [0.5, 0.6) is 0 Å². The number of fused-ring (bicyclic) bond motifs is 3. The summed E-state index contributed by atoms with van der Waals surface area (Å²) in [5.74, 6) is 2.49. The molecule has 3 heterocycles. The molecule has 1 aliphatic heterocycles. The molecule has 2 aromatic rings. The fourth-order valence-electron chi connectivity index (χ4n) is 3.22. The van der Waals surface area contributed by atoms with Gasteiger partial charge in [0.2, 0.25) is 0 Å². The monoisotopic (exact) mass is 345 g/mol. The van der Waals surface area contributed by atoms with E-state index >= 15 is 0 Å². The first kappa shape index (κ1) is 15.1. The van der Waals surface area contributed by atoms with E-state index in [9.17, 15) is 4.79 Å². The van der Waals surface area contributed by atoms with Gasteiger partial charge in [0.1, 0.15) is 5.76 Å². The van der Waals surface area contributed by atoms with Crippen molar-refractivity contribution in [1.82, 2.24) is 5.32 Å². The van der Waals surface area contributed by atoms with Crippen LogP contribution in [0.1, 0.15) is 40.0 Å². The van der Waals surface area contributed by atoms with E-state index in [0.717, 1.165) is 22.3 Å². The maximum absolute atomic E-state index is 12.4. The predicted molar refractivity (Wildman–Crippen MR) is 95.3 cm³/mol. The zero-order chi connectivity index (χ0) is 15.8. The van der Waals surface area contributed by atoms with E-state index in [0.29, 0.717) is 6.54 Å². The number of carbonyl (C=O) groups excluding carboxylic acids is 1. The summed E-state index contributed by atoms with van der Waals surface area (Å²) < 4.78 is 5.25. The SMILES string of the molecule is C[C@@H]1CCc2c(sc3c2CSC(C(=O)NCc2ccco2)=C3)C1. The Morgan fingerprint density at radius 2 is 2.35 bits per heavy atom. The third-order valence-electron chi connectivity index (χ3n) is 4.51. The minimum absolute atomic E-state index is 0.00297. The smallest absolute Gasteiger partial charge is 0.258 e. The van der Waals surface area contributed by atoms with E-state index in [1.807, 2.05) is 23.5 Å². The molecular weight excluding hydrogens is 326 g/mol. The van der Waals surface area contributed by atoms with Gasteiger partial charge in [-0.1, -0.05) is 6.92 Å². The molecule has 4 rings (SSSR count). The van der Waals surface area contributed by atoms with Crippen molar-refractivity contribution in [3.8, 4) is 0 Å². The van der Waals surface area contributed by atoms with Crippen LogP contribution in [0.15, 0.2) is 27.7 Å². The highest BCUT2D eigenvalue weighted by atomic mass is 32.2. The topological polar surface area (TPSA) is 42.2 Å². The molecule has 1 atom stereocenters. The van der Waals surface area contributed by atoms with Crippen LogP contribution in [-0.4, -0.2) is 5.91 Å². The fourth-order valence-corrected chi connectivity index (χ4v) is 5.90. The number of amides is 1. The van der Waals surface area contributed by atoms with Crippen molar-refractivity contribution in [2.75, 3.05) is 0 Å². The van der Waals surface area contributed by atoms with E-state index in [1.165, 1.54) is 29.7 Å². The molecule has 1 amide bonds. The molecule has 0 aromatic carbocycles. The molecule has 2 aliphatic rings. The van der Waals surface area contributed by atoms with E-state index in [4.69, 9.17) is 4.42 Å². The molecule has 0 saturated carbocycles. The van der Waals surface area contributed by atoms with Gasteiger partial charge in [0.05, 0.1) is 17.7 Å². The lowest BCUT2D eigenvalue weighted by Gasteiger charge is -2.19. The molecule has 1 N–H and O–H groups in total. The van der Waals surface area contributed by atoms with Gasteiger partial charge in [0, 0.05) is 15.5 Å². The van der Waals surface area contributed by atoms with Gasteiger partial charge in [0.25, 0.3) is 5.91 Å². The minimum Gasteiger partial charge on any atom is -0.467 e. The van der Waals surface area contributed by atoms with E-state index < -0.39 is 0 Å². The molecule has 0 saturated heterocycles. The Hall–Kier alpha value is -1.46. The van der Waals surface area contributed by atoms with Crippen molar-refractivity contribution in [2.45, 2.75) is 38.5 Å². The van der Waals surface area contributed by atoms with Crippen LogP contribution in [0.4, 0.5) is 0 Å². The average Bonchev–Trinajstić information content (AvgIpc) is 3.18. The number of thiophene rings is 1. The van der Waals surface area contributed by atoms with E-state index in [2.05, 4.69) is 18.3 Å². The van der Waals surface area contributed by atoms with Crippen LogP contribution in [0.3, 0.4) is 0 Å². The molecule has 0 unspecified atom stereocenters. The number of nitrogens with one attached hydrogen (secondary N) is 1. The highest BCUT2D eigenvalue weighted by Gasteiger charge is 2.26. The van der Waals surface area contributed by atoms with Gasteiger partial charge < -0.3 is 9.73 Å². The van der Waals surface area contributed by atoms with Crippen LogP contribution >= 0.6 is 23.1 Å². The summed E-state index contributed by atoms with van der Waals surface area (Å²) in [6, 6.07) is 3.70.